The van der Waals surface area contributed by atoms with E-state index in [2.05, 4.69) is 10.2 Å². The molecule has 1 aromatic heterocycles. The molecule has 78 valence electrons. The molecule has 4 N–H and O–H groups in total. The van der Waals surface area contributed by atoms with Gasteiger partial charge in [0.1, 0.15) is 0 Å². The zero-order valence-corrected chi connectivity index (χ0v) is 8.22. The van der Waals surface area contributed by atoms with Gasteiger partial charge in [-0.3, -0.25) is 5.10 Å². The van der Waals surface area contributed by atoms with Crippen LogP contribution >= 0.6 is 0 Å². The highest BCUT2D eigenvalue weighted by molar-refractivity contribution is 5.59. The smallest absolute Gasteiger partial charge is 0.0924 e. The van der Waals surface area contributed by atoms with E-state index >= 15 is 0 Å². The van der Waals surface area contributed by atoms with Crippen molar-refractivity contribution in [2.45, 2.75) is 6.04 Å². The molecule has 0 bridgehead atoms. The van der Waals surface area contributed by atoms with Crippen LogP contribution in [0.4, 0.5) is 0 Å². The van der Waals surface area contributed by atoms with Gasteiger partial charge in [-0.05, 0) is 6.07 Å². The molecule has 1 atom stereocenters. The number of hydrogen-bond acceptors (Lipinski definition) is 3. The second kappa shape index (κ2) is 4.25. The molecule has 0 aliphatic rings. The number of nitrogens with two attached hydrogens (primary N) is 1. The third-order valence-corrected chi connectivity index (χ3v) is 2.26. The first-order chi connectivity index (χ1) is 7.31. The van der Waals surface area contributed by atoms with Crippen LogP contribution in [-0.2, 0) is 0 Å². The van der Waals surface area contributed by atoms with Gasteiger partial charge in [-0.15, -0.1) is 0 Å². The first-order valence-electron chi connectivity index (χ1n) is 4.78. The summed E-state index contributed by atoms with van der Waals surface area (Å²) in [6, 6.07) is 11.3. The van der Waals surface area contributed by atoms with Gasteiger partial charge in [0.2, 0.25) is 0 Å². The van der Waals surface area contributed by atoms with Crippen molar-refractivity contribution in [3.63, 3.8) is 0 Å². The summed E-state index contributed by atoms with van der Waals surface area (Å²) in [5.74, 6) is 0. The highest BCUT2D eigenvalue weighted by atomic mass is 16.3. The molecule has 0 unspecified atom stereocenters. The molecule has 0 aliphatic carbocycles. The lowest BCUT2D eigenvalue weighted by molar-refractivity contribution is 0.266. The Morgan fingerprint density at radius 2 is 2.07 bits per heavy atom. The number of nitrogens with one attached hydrogen (secondary N) is 1. The molecule has 4 nitrogen and oxygen atoms in total. The van der Waals surface area contributed by atoms with Crippen LogP contribution in [-0.4, -0.2) is 21.9 Å². The van der Waals surface area contributed by atoms with Crippen LogP contribution in [0.25, 0.3) is 11.3 Å². The lowest BCUT2D eigenvalue weighted by atomic mass is 10.1. The number of aliphatic hydroxyl groups excluding tert-OH is 1. The van der Waals surface area contributed by atoms with Gasteiger partial charge in [0.25, 0.3) is 0 Å². The third kappa shape index (κ3) is 2.06. The summed E-state index contributed by atoms with van der Waals surface area (Å²) in [4.78, 5) is 0. The maximum absolute atomic E-state index is 8.90. The Balaban J connectivity index is 2.28. The Kier molecular flexibility index (Phi) is 2.80. The number of aliphatic hydroxyl groups is 1. The number of rotatable bonds is 3. The van der Waals surface area contributed by atoms with E-state index in [1.807, 2.05) is 36.4 Å². The predicted octanol–water partition coefficient (Wildman–Crippen LogP) is 1.07. The van der Waals surface area contributed by atoms with Crippen LogP contribution < -0.4 is 5.73 Å². The molecule has 0 spiro atoms. The maximum atomic E-state index is 8.90. The number of nitrogens with zero attached hydrogens (tertiary/aromatic N) is 1. The highest BCUT2D eigenvalue weighted by Gasteiger charge is 2.09. The van der Waals surface area contributed by atoms with Gasteiger partial charge in [-0.2, -0.15) is 5.10 Å². The van der Waals surface area contributed by atoms with Crippen LogP contribution in [0, 0.1) is 0 Å². The van der Waals surface area contributed by atoms with Gasteiger partial charge in [0, 0.05) is 5.56 Å². The molecule has 2 aromatic rings. The van der Waals surface area contributed by atoms with Crippen molar-refractivity contribution in [3.05, 3.63) is 42.1 Å². The predicted molar refractivity (Wildman–Crippen MR) is 58.0 cm³/mol. The zero-order chi connectivity index (χ0) is 10.7. The van der Waals surface area contributed by atoms with Gasteiger partial charge >= 0.3 is 0 Å². The molecular weight excluding hydrogens is 190 g/mol. The molecule has 0 aliphatic heterocycles. The van der Waals surface area contributed by atoms with Crippen molar-refractivity contribution in [3.8, 4) is 11.3 Å². The summed E-state index contributed by atoms with van der Waals surface area (Å²) in [6.07, 6.45) is 0. The molecule has 0 radical (unpaired) electrons. The molecule has 4 heteroatoms. The van der Waals surface area contributed by atoms with Gasteiger partial charge in [0.15, 0.2) is 0 Å². The van der Waals surface area contributed by atoms with Crippen molar-refractivity contribution in [2.24, 2.45) is 5.73 Å². The average Bonchev–Trinajstić information content (AvgIpc) is 2.78. The standard InChI is InChI=1S/C11H13N3O/c12-9(7-15)11-6-10(13-14-11)8-4-2-1-3-5-8/h1-6,9,15H,7,12H2,(H,13,14)/t9-/m0/s1. The summed E-state index contributed by atoms with van der Waals surface area (Å²) in [6.45, 7) is -0.0869. The maximum Gasteiger partial charge on any atom is 0.0924 e. The largest absolute Gasteiger partial charge is 0.394 e. The molecule has 0 amide bonds. The van der Waals surface area contributed by atoms with Crippen LogP contribution in [0.1, 0.15) is 11.7 Å². The van der Waals surface area contributed by atoms with Crippen LogP contribution in [0.5, 0.6) is 0 Å². The highest BCUT2D eigenvalue weighted by Crippen LogP contribution is 2.18. The Labute approximate surface area is 87.7 Å². The number of aromatic nitrogens is 2. The summed E-state index contributed by atoms with van der Waals surface area (Å²) < 4.78 is 0. The van der Waals surface area contributed by atoms with Crippen LogP contribution in [0.3, 0.4) is 0 Å². The fourth-order valence-electron chi connectivity index (χ4n) is 1.38. The first-order valence-corrected chi connectivity index (χ1v) is 4.78. The molecule has 15 heavy (non-hydrogen) atoms. The minimum atomic E-state index is -0.394. The number of H-pyrrole nitrogens is 1. The van der Waals surface area contributed by atoms with E-state index in [0.29, 0.717) is 0 Å². The summed E-state index contributed by atoms with van der Waals surface area (Å²) in [5.41, 5.74) is 8.29. The van der Waals surface area contributed by atoms with E-state index in [4.69, 9.17) is 10.8 Å². The van der Waals surface area contributed by atoms with Crippen LogP contribution in [0.15, 0.2) is 36.4 Å². The Bertz CT molecular complexity index is 424. The van der Waals surface area contributed by atoms with E-state index in [1.54, 1.807) is 0 Å². The summed E-state index contributed by atoms with van der Waals surface area (Å²) >= 11 is 0. The van der Waals surface area contributed by atoms with E-state index in [1.165, 1.54) is 0 Å². The van der Waals surface area contributed by atoms with Crippen LogP contribution in [0.2, 0.25) is 0 Å². The Hall–Kier alpha value is -1.65. The number of aromatic amines is 1. The molecule has 1 aromatic carbocycles. The van der Waals surface area contributed by atoms with Crippen molar-refractivity contribution < 1.29 is 5.11 Å². The Morgan fingerprint density at radius 1 is 1.33 bits per heavy atom. The fraction of sp³-hybridized carbons (Fsp3) is 0.182. The summed E-state index contributed by atoms with van der Waals surface area (Å²) in [7, 11) is 0. The van der Waals surface area contributed by atoms with Crippen molar-refractivity contribution in [1.29, 1.82) is 0 Å². The van der Waals surface area contributed by atoms with Crippen molar-refractivity contribution in [2.75, 3.05) is 6.61 Å². The molecular formula is C11H13N3O. The molecule has 0 fully saturated rings. The average molecular weight is 203 g/mol. The van der Waals surface area contributed by atoms with E-state index < -0.39 is 6.04 Å². The van der Waals surface area contributed by atoms with E-state index in [9.17, 15) is 0 Å². The molecule has 1 heterocycles. The van der Waals surface area contributed by atoms with E-state index in [0.717, 1.165) is 17.0 Å². The van der Waals surface area contributed by atoms with Gasteiger partial charge in [-0.25, -0.2) is 0 Å². The van der Waals surface area contributed by atoms with Gasteiger partial charge in [-0.1, -0.05) is 30.3 Å². The normalized spacial score (nSPS) is 12.7. The Morgan fingerprint density at radius 3 is 2.73 bits per heavy atom. The second-order valence-corrected chi connectivity index (χ2v) is 3.36. The fourth-order valence-corrected chi connectivity index (χ4v) is 1.38. The monoisotopic (exact) mass is 203 g/mol. The lowest BCUT2D eigenvalue weighted by Crippen LogP contribution is -2.14. The first kappa shape index (κ1) is 9.89. The van der Waals surface area contributed by atoms with Gasteiger partial charge in [0.05, 0.1) is 24.0 Å². The third-order valence-electron chi connectivity index (χ3n) is 2.26. The lowest BCUT2D eigenvalue weighted by Gasteiger charge is -2.02. The minimum absolute atomic E-state index is 0.0869. The quantitative estimate of drug-likeness (QED) is 0.698. The number of hydrogen-bond donors (Lipinski definition) is 3. The van der Waals surface area contributed by atoms with Gasteiger partial charge < -0.3 is 10.8 Å². The number of benzene rings is 1. The van der Waals surface area contributed by atoms with E-state index in [-0.39, 0.29) is 6.61 Å². The second-order valence-electron chi connectivity index (χ2n) is 3.36. The summed E-state index contributed by atoms with van der Waals surface area (Å²) in [5, 5.41) is 15.9. The molecule has 2 rings (SSSR count). The molecule has 0 saturated heterocycles. The topological polar surface area (TPSA) is 74.9 Å². The zero-order valence-electron chi connectivity index (χ0n) is 8.22. The van der Waals surface area contributed by atoms with Crippen molar-refractivity contribution >= 4 is 0 Å². The van der Waals surface area contributed by atoms with Crippen molar-refractivity contribution in [1.82, 2.24) is 10.2 Å². The SMILES string of the molecule is N[C@@H](CO)c1cc(-c2ccccc2)n[nH]1. The molecule has 0 saturated carbocycles. The minimum Gasteiger partial charge on any atom is -0.394 e.